The highest BCUT2D eigenvalue weighted by Gasteiger charge is 2.25. The van der Waals surface area contributed by atoms with Gasteiger partial charge in [-0.2, -0.15) is 0 Å². The predicted molar refractivity (Wildman–Crippen MR) is 133 cm³/mol. The van der Waals surface area contributed by atoms with Gasteiger partial charge in [0.1, 0.15) is 4.34 Å². The van der Waals surface area contributed by atoms with Gasteiger partial charge in [0.2, 0.25) is 5.11 Å². The number of aliphatic imine (C=N–C) groups is 2. The zero-order valence-electron chi connectivity index (χ0n) is 15.9. The van der Waals surface area contributed by atoms with Gasteiger partial charge in [0.25, 0.3) is 0 Å². The fraction of sp³-hybridized carbons (Fsp3) is 0.0870. The van der Waals surface area contributed by atoms with Crippen LogP contribution < -0.4 is 0 Å². The lowest BCUT2D eigenvalue weighted by molar-refractivity contribution is 1.38. The first-order chi connectivity index (χ1) is 14.5. The molecular formula is C23H15Cl2N3S2. The number of aromatic nitrogens is 1. The number of nitrogens with zero attached hydrogens (tertiary/aromatic N) is 2. The second kappa shape index (κ2) is 7.75. The van der Waals surface area contributed by atoms with E-state index in [1.165, 1.54) is 16.9 Å². The van der Waals surface area contributed by atoms with Gasteiger partial charge in [-0.05, 0) is 42.9 Å². The van der Waals surface area contributed by atoms with E-state index >= 15 is 0 Å². The summed E-state index contributed by atoms with van der Waals surface area (Å²) in [6.07, 6.45) is 0.521. The Morgan fingerprint density at radius 1 is 1.00 bits per heavy atom. The van der Waals surface area contributed by atoms with Crippen molar-refractivity contribution in [2.75, 3.05) is 0 Å². The molecule has 2 aromatic heterocycles. The number of nitrogens with one attached hydrogen (secondary N) is 1. The van der Waals surface area contributed by atoms with Crippen molar-refractivity contribution in [3.05, 3.63) is 80.0 Å². The average Bonchev–Trinajstić information content (AvgIpc) is 3.27. The number of thiophene rings is 1. The van der Waals surface area contributed by atoms with E-state index < -0.39 is 0 Å². The van der Waals surface area contributed by atoms with Gasteiger partial charge in [-0.15, -0.1) is 11.3 Å². The van der Waals surface area contributed by atoms with E-state index in [0.29, 0.717) is 20.2 Å². The van der Waals surface area contributed by atoms with E-state index in [2.05, 4.69) is 52.2 Å². The van der Waals surface area contributed by atoms with Gasteiger partial charge in [-0.1, -0.05) is 65.2 Å². The maximum Gasteiger partial charge on any atom is 0.219 e. The van der Waals surface area contributed by atoms with Gasteiger partial charge in [-0.3, -0.25) is 0 Å². The molecular weight excluding hydrogens is 453 g/mol. The largest absolute Gasteiger partial charge is 0.354 e. The van der Waals surface area contributed by atoms with Gasteiger partial charge in [0.05, 0.1) is 21.5 Å². The molecule has 2 aromatic carbocycles. The average molecular weight is 468 g/mol. The highest BCUT2D eigenvalue weighted by Crippen LogP contribution is 2.36. The zero-order valence-corrected chi connectivity index (χ0v) is 19.0. The van der Waals surface area contributed by atoms with Crippen LogP contribution in [0, 0.1) is 6.92 Å². The maximum atomic E-state index is 6.41. The summed E-state index contributed by atoms with van der Waals surface area (Å²) in [5.74, 6) is 0. The lowest BCUT2D eigenvalue weighted by Crippen LogP contribution is -2.18. The zero-order chi connectivity index (χ0) is 20.8. The molecule has 0 spiro atoms. The lowest BCUT2D eigenvalue weighted by Gasteiger charge is -2.15. The van der Waals surface area contributed by atoms with Crippen molar-refractivity contribution in [2.45, 2.75) is 13.3 Å². The molecule has 1 aliphatic rings. The van der Waals surface area contributed by atoms with Crippen LogP contribution in [0.4, 0.5) is 0 Å². The summed E-state index contributed by atoms with van der Waals surface area (Å²) in [6, 6.07) is 18.5. The fourth-order valence-electron chi connectivity index (χ4n) is 3.76. The van der Waals surface area contributed by atoms with Crippen LogP contribution in [-0.2, 0) is 0 Å². The summed E-state index contributed by atoms with van der Waals surface area (Å²) < 4.78 is 1.24. The van der Waals surface area contributed by atoms with Crippen molar-refractivity contribution in [3.8, 4) is 11.3 Å². The highest BCUT2D eigenvalue weighted by atomic mass is 35.5. The summed E-state index contributed by atoms with van der Waals surface area (Å²) in [6.45, 7) is 2.09. The first kappa shape index (κ1) is 19.6. The minimum Gasteiger partial charge on any atom is -0.354 e. The van der Waals surface area contributed by atoms with Crippen LogP contribution in [0.3, 0.4) is 0 Å². The van der Waals surface area contributed by atoms with E-state index in [0.717, 1.165) is 44.7 Å². The highest BCUT2D eigenvalue weighted by molar-refractivity contribution is 7.80. The molecule has 0 aliphatic carbocycles. The predicted octanol–water partition coefficient (Wildman–Crippen LogP) is 7.48. The molecule has 0 saturated carbocycles. The van der Waals surface area contributed by atoms with Crippen LogP contribution in [0.5, 0.6) is 0 Å². The lowest BCUT2D eigenvalue weighted by atomic mass is 9.95. The van der Waals surface area contributed by atoms with Crippen molar-refractivity contribution >= 4 is 74.2 Å². The summed E-state index contributed by atoms with van der Waals surface area (Å²) in [5, 5.41) is 1.41. The topological polar surface area (TPSA) is 40.5 Å². The molecule has 30 heavy (non-hydrogen) atoms. The number of aryl methyl sites for hydroxylation is 1. The van der Waals surface area contributed by atoms with E-state index in [4.69, 9.17) is 35.4 Å². The molecule has 5 rings (SSSR count). The smallest absolute Gasteiger partial charge is 0.219 e. The molecule has 0 amide bonds. The number of hydrogen-bond donors (Lipinski definition) is 1. The number of aromatic amines is 1. The van der Waals surface area contributed by atoms with Gasteiger partial charge in [0, 0.05) is 28.5 Å². The van der Waals surface area contributed by atoms with Crippen LogP contribution >= 0.6 is 46.8 Å². The second-order valence-corrected chi connectivity index (χ2v) is 9.76. The number of fused-ring (bicyclic) bond motifs is 1. The first-order valence-corrected chi connectivity index (χ1v) is 11.3. The standard InChI is InChI=1S/C23H15Cl2N3S2/c1-12-7-8-16-14(9-12)20(21(26-16)13-5-3-2-4-6-13)18-11-17(27-23(29)28-18)15-10-19(24)30-22(15)25/h2-10,26H,11H2,1H3. The number of benzene rings is 2. The Hall–Kier alpha value is -2.31. The fourth-order valence-corrected chi connectivity index (χ4v) is 5.48. The Balaban J connectivity index is 1.70. The second-order valence-electron chi connectivity index (χ2n) is 7.10. The minimum absolute atomic E-state index is 0.297. The van der Waals surface area contributed by atoms with Crippen LogP contribution in [0.2, 0.25) is 8.67 Å². The quantitative estimate of drug-likeness (QED) is 0.311. The van der Waals surface area contributed by atoms with Crippen molar-refractivity contribution in [1.29, 1.82) is 0 Å². The van der Waals surface area contributed by atoms with Crippen LogP contribution in [-0.4, -0.2) is 21.5 Å². The molecule has 1 aliphatic heterocycles. The maximum absolute atomic E-state index is 6.41. The molecule has 3 heterocycles. The Kier molecular flexibility index (Phi) is 5.07. The van der Waals surface area contributed by atoms with Crippen molar-refractivity contribution in [1.82, 2.24) is 4.98 Å². The molecule has 7 heteroatoms. The van der Waals surface area contributed by atoms with Gasteiger partial charge < -0.3 is 4.98 Å². The van der Waals surface area contributed by atoms with E-state index in [9.17, 15) is 0 Å². The van der Waals surface area contributed by atoms with Crippen molar-refractivity contribution < 1.29 is 0 Å². The Morgan fingerprint density at radius 2 is 1.77 bits per heavy atom. The minimum atomic E-state index is 0.297. The number of H-pyrrole nitrogens is 1. The molecule has 0 fully saturated rings. The van der Waals surface area contributed by atoms with E-state index in [1.807, 2.05) is 24.3 Å². The Morgan fingerprint density at radius 3 is 2.50 bits per heavy atom. The molecule has 1 N–H and O–H groups in total. The van der Waals surface area contributed by atoms with E-state index in [1.54, 1.807) is 0 Å². The van der Waals surface area contributed by atoms with Gasteiger partial charge in [0.15, 0.2) is 0 Å². The number of thiocarbonyl (C=S) groups is 1. The van der Waals surface area contributed by atoms with Crippen LogP contribution in [0.15, 0.2) is 64.6 Å². The molecule has 148 valence electrons. The Labute approximate surface area is 193 Å². The van der Waals surface area contributed by atoms with Gasteiger partial charge in [-0.25, -0.2) is 9.98 Å². The molecule has 0 bridgehead atoms. The molecule has 0 atom stereocenters. The summed E-state index contributed by atoms with van der Waals surface area (Å²) >= 11 is 19.3. The SMILES string of the molecule is Cc1ccc2[nH]c(-c3ccccc3)c(C3=NC(=S)N=C(c4cc(Cl)sc4Cl)C3)c2c1. The third kappa shape index (κ3) is 3.52. The van der Waals surface area contributed by atoms with Crippen molar-refractivity contribution in [3.63, 3.8) is 0 Å². The Bertz CT molecular complexity index is 1360. The summed E-state index contributed by atoms with van der Waals surface area (Å²) in [5.41, 5.74) is 7.89. The molecule has 0 unspecified atom stereocenters. The van der Waals surface area contributed by atoms with Crippen molar-refractivity contribution in [2.24, 2.45) is 9.98 Å². The number of rotatable bonds is 3. The summed E-state index contributed by atoms with van der Waals surface area (Å²) in [4.78, 5) is 12.8. The number of hydrogen-bond acceptors (Lipinski definition) is 2. The monoisotopic (exact) mass is 467 g/mol. The van der Waals surface area contributed by atoms with Crippen LogP contribution in [0.1, 0.15) is 23.1 Å². The molecule has 0 radical (unpaired) electrons. The molecule has 0 saturated heterocycles. The third-order valence-corrected chi connectivity index (χ3v) is 6.74. The number of halogens is 2. The summed E-state index contributed by atoms with van der Waals surface area (Å²) in [7, 11) is 0. The van der Waals surface area contributed by atoms with Crippen LogP contribution in [0.25, 0.3) is 22.2 Å². The van der Waals surface area contributed by atoms with Gasteiger partial charge >= 0.3 is 0 Å². The third-order valence-electron chi connectivity index (χ3n) is 5.07. The molecule has 4 aromatic rings. The molecule has 3 nitrogen and oxygen atoms in total. The van der Waals surface area contributed by atoms with E-state index in [-0.39, 0.29) is 0 Å². The first-order valence-electron chi connectivity index (χ1n) is 9.32. The normalized spacial score (nSPS) is 14.2.